The van der Waals surface area contributed by atoms with Gasteiger partial charge in [-0.3, -0.25) is 0 Å². The largest absolute Gasteiger partial charge is 0.494 e. The molecule has 0 radical (unpaired) electrons. The molecule has 0 saturated carbocycles. The molecule has 0 spiro atoms. The quantitative estimate of drug-likeness (QED) is 0.586. The first-order chi connectivity index (χ1) is 11.5. The van der Waals surface area contributed by atoms with E-state index in [0.29, 0.717) is 19.0 Å². The van der Waals surface area contributed by atoms with Crippen molar-refractivity contribution in [3.05, 3.63) is 26.6 Å². The summed E-state index contributed by atoms with van der Waals surface area (Å²) in [4.78, 5) is 11.8. The van der Waals surface area contributed by atoms with E-state index in [1.807, 2.05) is 32.9 Å². The Balaban J connectivity index is 2.63. The highest BCUT2D eigenvalue weighted by molar-refractivity contribution is 9.11. The summed E-state index contributed by atoms with van der Waals surface area (Å²) in [5, 5.41) is 6.33. The van der Waals surface area contributed by atoms with E-state index < -0.39 is 11.7 Å². The number of hydrogen-bond acceptors (Lipinski definition) is 4. The van der Waals surface area contributed by atoms with Crippen LogP contribution in [0.15, 0.2) is 21.1 Å². The van der Waals surface area contributed by atoms with Crippen LogP contribution in [0.25, 0.3) is 0 Å². The molecule has 0 aliphatic carbocycles. The van der Waals surface area contributed by atoms with Gasteiger partial charge in [-0.15, -0.1) is 0 Å². The summed E-state index contributed by atoms with van der Waals surface area (Å²) in [6, 6.07) is 4.18. The van der Waals surface area contributed by atoms with Crippen LogP contribution in [0.1, 0.15) is 40.2 Å². The Morgan fingerprint density at radius 3 is 2.20 bits per heavy atom. The number of halogens is 2. The number of rotatable bonds is 7. The minimum absolute atomic E-state index is 0.132. The number of methoxy groups -OCH3 is 1. The van der Waals surface area contributed by atoms with Crippen LogP contribution >= 0.6 is 31.9 Å². The van der Waals surface area contributed by atoms with Crippen molar-refractivity contribution in [2.75, 3.05) is 13.7 Å². The molecule has 142 valence electrons. The lowest BCUT2D eigenvalue weighted by Crippen LogP contribution is -2.45. The second-order valence-corrected chi connectivity index (χ2v) is 8.92. The zero-order chi connectivity index (χ0) is 19.2. The Hall–Kier alpha value is -0.790. The monoisotopic (exact) mass is 478 g/mol. The molecular formula is C18H28Br2N2O3. The van der Waals surface area contributed by atoms with E-state index in [2.05, 4.69) is 56.3 Å². The lowest BCUT2D eigenvalue weighted by atomic mass is 10.0. The van der Waals surface area contributed by atoms with Crippen LogP contribution in [-0.2, 0) is 11.3 Å². The fourth-order valence-electron chi connectivity index (χ4n) is 2.21. The molecule has 7 heteroatoms. The molecule has 0 aromatic heterocycles. The number of ether oxygens (including phenoxy) is 2. The van der Waals surface area contributed by atoms with E-state index in [-0.39, 0.29) is 6.04 Å². The van der Waals surface area contributed by atoms with Gasteiger partial charge in [-0.25, -0.2) is 4.79 Å². The number of benzene rings is 1. The normalized spacial score (nSPS) is 12.8. The number of hydrogen-bond donors (Lipinski definition) is 2. The molecule has 0 aliphatic rings. The summed E-state index contributed by atoms with van der Waals surface area (Å²) >= 11 is 7.03. The number of amides is 1. The molecule has 2 N–H and O–H groups in total. The summed E-state index contributed by atoms with van der Waals surface area (Å²) in [6.07, 6.45) is -0.394. The van der Waals surface area contributed by atoms with Crippen molar-refractivity contribution in [1.29, 1.82) is 0 Å². The van der Waals surface area contributed by atoms with Crippen molar-refractivity contribution < 1.29 is 14.3 Å². The molecule has 5 nitrogen and oxygen atoms in total. The molecule has 0 bridgehead atoms. The molecular weight excluding hydrogens is 452 g/mol. The van der Waals surface area contributed by atoms with Crippen LogP contribution in [0.3, 0.4) is 0 Å². The highest BCUT2D eigenvalue weighted by Gasteiger charge is 2.19. The van der Waals surface area contributed by atoms with Crippen molar-refractivity contribution in [3.8, 4) is 5.75 Å². The zero-order valence-corrected chi connectivity index (χ0v) is 18.9. The van der Waals surface area contributed by atoms with Gasteiger partial charge in [0.2, 0.25) is 0 Å². The standard InChI is InChI=1S/C18H28Br2N2O3/c1-11(2)15(10-22-17(23)25-18(3,4)5)21-9-12-7-13(19)16(24-6)14(20)8-12/h7-8,11,15,21H,9-10H2,1-6H3,(H,22,23). The maximum Gasteiger partial charge on any atom is 0.407 e. The summed E-state index contributed by atoms with van der Waals surface area (Å²) in [5.41, 5.74) is 0.620. The molecule has 0 saturated heterocycles. The van der Waals surface area contributed by atoms with Crippen molar-refractivity contribution in [2.24, 2.45) is 5.92 Å². The number of nitrogens with one attached hydrogen (secondary N) is 2. The molecule has 1 aromatic carbocycles. The van der Waals surface area contributed by atoms with Crippen LogP contribution in [-0.4, -0.2) is 31.4 Å². The van der Waals surface area contributed by atoms with E-state index in [1.165, 1.54) is 0 Å². The summed E-state index contributed by atoms with van der Waals surface area (Å²) in [7, 11) is 1.64. The first-order valence-electron chi connectivity index (χ1n) is 8.25. The van der Waals surface area contributed by atoms with Crippen molar-refractivity contribution in [3.63, 3.8) is 0 Å². The van der Waals surface area contributed by atoms with Gasteiger partial charge in [-0.05, 0) is 76.2 Å². The first-order valence-corrected chi connectivity index (χ1v) is 9.84. The van der Waals surface area contributed by atoms with Gasteiger partial charge in [0.05, 0.1) is 16.1 Å². The van der Waals surface area contributed by atoms with Crippen molar-refractivity contribution in [2.45, 2.75) is 52.8 Å². The Morgan fingerprint density at radius 2 is 1.76 bits per heavy atom. The Kier molecular flexibility index (Phi) is 8.71. The fraction of sp³-hybridized carbons (Fsp3) is 0.611. The summed E-state index contributed by atoms with van der Waals surface area (Å²) in [5.74, 6) is 1.14. The van der Waals surface area contributed by atoms with Gasteiger partial charge in [0.25, 0.3) is 0 Å². The molecule has 0 aliphatic heterocycles. The average Bonchev–Trinajstić information content (AvgIpc) is 2.44. The summed E-state index contributed by atoms with van der Waals surface area (Å²) < 4.78 is 12.4. The molecule has 1 aromatic rings. The minimum atomic E-state index is -0.494. The molecule has 1 atom stereocenters. The number of carbonyl (C=O) groups is 1. The van der Waals surface area contributed by atoms with Crippen LogP contribution < -0.4 is 15.4 Å². The predicted molar refractivity (Wildman–Crippen MR) is 108 cm³/mol. The smallest absolute Gasteiger partial charge is 0.407 e. The lowest BCUT2D eigenvalue weighted by Gasteiger charge is -2.25. The topological polar surface area (TPSA) is 59.6 Å². The van der Waals surface area contributed by atoms with Gasteiger partial charge >= 0.3 is 6.09 Å². The van der Waals surface area contributed by atoms with Crippen molar-refractivity contribution >= 4 is 38.0 Å². The second kappa shape index (κ2) is 9.78. The van der Waals surface area contributed by atoms with Crippen LogP contribution in [0, 0.1) is 5.92 Å². The van der Waals surface area contributed by atoms with Crippen LogP contribution in [0.5, 0.6) is 5.75 Å². The minimum Gasteiger partial charge on any atom is -0.494 e. The van der Waals surface area contributed by atoms with E-state index in [9.17, 15) is 4.79 Å². The van der Waals surface area contributed by atoms with Gasteiger partial charge < -0.3 is 20.1 Å². The van der Waals surface area contributed by atoms with Gasteiger partial charge in [-0.1, -0.05) is 13.8 Å². The third-order valence-electron chi connectivity index (χ3n) is 3.50. The highest BCUT2D eigenvalue weighted by atomic mass is 79.9. The SMILES string of the molecule is COc1c(Br)cc(CNC(CNC(=O)OC(C)(C)C)C(C)C)cc1Br. The molecule has 1 unspecified atom stereocenters. The predicted octanol–water partition coefficient (Wildman–Crippen LogP) is 4.86. The fourth-order valence-corrected chi connectivity index (χ4v) is 3.81. The van der Waals surface area contributed by atoms with Gasteiger partial charge in [0, 0.05) is 19.1 Å². The average molecular weight is 480 g/mol. The number of alkyl carbamates (subject to hydrolysis) is 1. The molecule has 1 amide bonds. The number of carbonyl (C=O) groups excluding carboxylic acids is 1. The maximum atomic E-state index is 11.8. The van der Waals surface area contributed by atoms with E-state index >= 15 is 0 Å². The summed E-state index contributed by atoms with van der Waals surface area (Å²) in [6.45, 7) is 11.0. The third-order valence-corrected chi connectivity index (χ3v) is 4.68. The van der Waals surface area contributed by atoms with Gasteiger partial charge in [-0.2, -0.15) is 0 Å². The molecule has 25 heavy (non-hydrogen) atoms. The van der Waals surface area contributed by atoms with Gasteiger partial charge in [0.1, 0.15) is 11.4 Å². The van der Waals surface area contributed by atoms with E-state index in [4.69, 9.17) is 9.47 Å². The van der Waals surface area contributed by atoms with Crippen molar-refractivity contribution in [1.82, 2.24) is 10.6 Å². The Labute approximate surface area is 167 Å². The van der Waals surface area contributed by atoms with E-state index in [0.717, 1.165) is 20.3 Å². The maximum absolute atomic E-state index is 11.8. The Bertz CT molecular complexity index is 563. The lowest BCUT2D eigenvalue weighted by molar-refractivity contribution is 0.0519. The second-order valence-electron chi connectivity index (χ2n) is 7.21. The highest BCUT2D eigenvalue weighted by Crippen LogP contribution is 2.34. The third kappa shape index (κ3) is 7.96. The zero-order valence-electron chi connectivity index (χ0n) is 15.7. The Morgan fingerprint density at radius 1 is 1.20 bits per heavy atom. The molecule has 1 rings (SSSR count). The molecule has 0 fully saturated rings. The van der Waals surface area contributed by atoms with Gasteiger partial charge in [0.15, 0.2) is 0 Å². The van der Waals surface area contributed by atoms with E-state index in [1.54, 1.807) is 7.11 Å². The first kappa shape index (κ1) is 22.3. The van der Waals surface area contributed by atoms with Crippen LogP contribution in [0.4, 0.5) is 4.79 Å². The van der Waals surface area contributed by atoms with Crippen LogP contribution in [0.2, 0.25) is 0 Å². The molecule has 0 heterocycles.